The average Bonchev–Trinajstić information content (AvgIpc) is 2.47. The fraction of sp³-hybridized carbons (Fsp3) is 0.444. The smallest absolute Gasteiger partial charge is 0.0946 e. The van der Waals surface area contributed by atoms with Crippen LogP contribution in [0.25, 0.3) is 0 Å². The summed E-state index contributed by atoms with van der Waals surface area (Å²) in [6, 6.07) is 0.0792. The second-order valence-electron chi connectivity index (χ2n) is 2.90. The van der Waals surface area contributed by atoms with Crippen LogP contribution < -0.4 is 5.73 Å². The summed E-state index contributed by atoms with van der Waals surface area (Å²) < 4.78 is 1.95. The summed E-state index contributed by atoms with van der Waals surface area (Å²) in [5.41, 5.74) is 7.00. The van der Waals surface area contributed by atoms with Gasteiger partial charge in [0.25, 0.3) is 0 Å². The number of hydrogen-bond donors (Lipinski definition) is 1. The lowest BCUT2D eigenvalue weighted by molar-refractivity contribution is 0.614. The molecule has 0 amide bonds. The third-order valence-corrected chi connectivity index (χ3v) is 1.92. The average molecular weight is 165 g/mol. The van der Waals surface area contributed by atoms with Crippen molar-refractivity contribution in [2.75, 3.05) is 0 Å². The Hall–Kier alpha value is -1.09. The Balaban J connectivity index is 2.58. The van der Waals surface area contributed by atoms with Gasteiger partial charge in [0, 0.05) is 19.3 Å². The van der Waals surface area contributed by atoms with E-state index in [0.29, 0.717) is 0 Å². The molecule has 0 aliphatic carbocycles. The maximum Gasteiger partial charge on any atom is 0.0946 e. The lowest BCUT2D eigenvalue weighted by Gasteiger charge is -2.10. The minimum Gasteiger partial charge on any atom is -0.336 e. The van der Waals surface area contributed by atoms with Gasteiger partial charge in [0.1, 0.15) is 0 Å². The molecule has 0 saturated heterocycles. The van der Waals surface area contributed by atoms with Crippen molar-refractivity contribution in [2.45, 2.75) is 18.9 Å². The van der Waals surface area contributed by atoms with Crippen molar-refractivity contribution in [2.24, 2.45) is 12.8 Å². The quantitative estimate of drug-likeness (QED) is 0.685. The molecule has 1 heterocycles. The molecule has 0 aliphatic heterocycles. The van der Waals surface area contributed by atoms with Crippen LogP contribution in [-0.4, -0.2) is 9.55 Å². The third-order valence-electron chi connectivity index (χ3n) is 1.92. The van der Waals surface area contributed by atoms with Crippen LogP contribution in [0.1, 0.15) is 24.6 Å². The summed E-state index contributed by atoms with van der Waals surface area (Å²) >= 11 is 0. The topological polar surface area (TPSA) is 43.8 Å². The van der Waals surface area contributed by atoms with Crippen LogP contribution in [0.2, 0.25) is 0 Å². The highest BCUT2D eigenvalue weighted by Gasteiger charge is 2.07. The van der Waals surface area contributed by atoms with E-state index in [0.717, 1.165) is 18.5 Å². The van der Waals surface area contributed by atoms with E-state index in [-0.39, 0.29) is 6.04 Å². The van der Waals surface area contributed by atoms with E-state index in [2.05, 4.69) is 11.6 Å². The van der Waals surface area contributed by atoms with Crippen molar-refractivity contribution in [1.82, 2.24) is 9.55 Å². The zero-order valence-electron chi connectivity index (χ0n) is 7.40. The van der Waals surface area contributed by atoms with Gasteiger partial charge in [-0.15, -0.1) is 6.58 Å². The summed E-state index contributed by atoms with van der Waals surface area (Å²) in [7, 11) is 1.95. The second kappa shape index (κ2) is 4.07. The van der Waals surface area contributed by atoms with Gasteiger partial charge in [-0.1, -0.05) is 6.08 Å². The maximum atomic E-state index is 5.92. The zero-order chi connectivity index (χ0) is 8.97. The van der Waals surface area contributed by atoms with Gasteiger partial charge in [0.05, 0.1) is 12.0 Å². The summed E-state index contributed by atoms with van der Waals surface area (Å²) in [5.74, 6) is 0. The van der Waals surface area contributed by atoms with E-state index in [4.69, 9.17) is 5.73 Å². The minimum absolute atomic E-state index is 0.0792. The first-order valence-electron chi connectivity index (χ1n) is 4.08. The van der Waals surface area contributed by atoms with Gasteiger partial charge in [-0.2, -0.15) is 0 Å². The number of nitrogens with two attached hydrogens (primary N) is 1. The van der Waals surface area contributed by atoms with Crippen LogP contribution in [0.15, 0.2) is 25.2 Å². The monoisotopic (exact) mass is 165 g/mol. The number of nitrogens with zero attached hydrogens (tertiary/aromatic N) is 2. The van der Waals surface area contributed by atoms with Gasteiger partial charge in [-0.05, 0) is 12.8 Å². The second-order valence-corrected chi connectivity index (χ2v) is 2.90. The Morgan fingerprint density at radius 3 is 3.08 bits per heavy atom. The molecule has 0 fully saturated rings. The number of hydrogen-bond acceptors (Lipinski definition) is 2. The molecule has 1 rings (SSSR count). The molecule has 2 N–H and O–H groups in total. The van der Waals surface area contributed by atoms with Gasteiger partial charge in [0.15, 0.2) is 0 Å². The van der Waals surface area contributed by atoms with Crippen LogP contribution in [0.3, 0.4) is 0 Å². The number of allylic oxidation sites excluding steroid dienone is 1. The van der Waals surface area contributed by atoms with Crippen molar-refractivity contribution in [3.63, 3.8) is 0 Å². The molecule has 3 nitrogen and oxygen atoms in total. The molecular weight excluding hydrogens is 150 g/mol. The van der Waals surface area contributed by atoms with Crippen molar-refractivity contribution in [3.05, 3.63) is 30.9 Å². The first-order valence-corrected chi connectivity index (χ1v) is 4.08. The van der Waals surface area contributed by atoms with Crippen LogP contribution >= 0.6 is 0 Å². The number of rotatable bonds is 4. The summed E-state index contributed by atoms with van der Waals surface area (Å²) in [6.45, 7) is 3.66. The van der Waals surface area contributed by atoms with Crippen LogP contribution in [-0.2, 0) is 7.05 Å². The fourth-order valence-corrected chi connectivity index (χ4v) is 1.17. The molecule has 0 radical (unpaired) electrons. The van der Waals surface area contributed by atoms with Crippen LogP contribution in [0.5, 0.6) is 0 Å². The Kier molecular flexibility index (Phi) is 3.05. The van der Waals surface area contributed by atoms with Crippen LogP contribution in [0.4, 0.5) is 0 Å². The highest BCUT2D eigenvalue weighted by molar-refractivity contribution is 5.03. The van der Waals surface area contributed by atoms with E-state index < -0.39 is 0 Å². The van der Waals surface area contributed by atoms with Gasteiger partial charge >= 0.3 is 0 Å². The molecule has 0 aliphatic rings. The summed E-state index contributed by atoms with van der Waals surface area (Å²) in [4.78, 5) is 4.01. The van der Waals surface area contributed by atoms with Crippen molar-refractivity contribution in [3.8, 4) is 0 Å². The predicted octanol–water partition coefficient (Wildman–Crippen LogP) is 1.39. The minimum atomic E-state index is 0.0792. The molecule has 0 aromatic carbocycles. The maximum absolute atomic E-state index is 5.92. The van der Waals surface area contributed by atoms with Crippen molar-refractivity contribution in [1.29, 1.82) is 0 Å². The standard InChI is InChI=1S/C9H15N3/c1-3-4-5-8(10)9-6-11-7-12(9)2/h3,6-8H,1,4-5,10H2,2H3. The molecule has 1 aromatic heterocycles. The van der Waals surface area contributed by atoms with Crippen molar-refractivity contribution < 1.29 is 0 Å². The van der Waals surface area contributed by atoms with Gasteiger partial charge in [0.2, 0.25) is 0 Å². The zero-order valence-corrected chi connectivity index (χ0v) is 7.40. The number of aromatic nitrogens is 2. The molecule has 0 saturated carbocycles. The molecule has 3 heteroatoms. The third kappa shape index (κ3) is 1.95. The molecule has 12 heavy (non-hydrogen) atoms. The normalized spacial score (nSPS) is 12.8. The van der Waals surface area contributed by atoms with Crippen molar-refractivity contribution >= 4 is 0 Å². The predicted molar refractivity (Wildman–Crippen MR) is 49.6 cm³/mol. The van der Waals surface area contributed by atoms with E-state index >= 15 is 0 Å². The largest absolute Gasteiger partial charge is 0.336 e. The Morgan fingerprint density at radius 2 is 2.58 bits per heavy atom. The van der Waals surface area contributed by atoms with E-state index in [1.165, 1.54) is 0 Å². The molecule has 66 valence electrons. The van der Waals surface area contributed by atoms with Crippen LogP contribution in [0, 0.1) is 0 Å². The number of aryl methyl sites for hydroxylation is 1. The lowest BCUT2D eigenvalue weighted by atomic mass is 10.1. The Bertz CT molecular complexity index is 252. The van der Waals surface area contributed by atoms with Gasteiger partial charge in [-0.3, -0.25) is 0 Å². The molecule has 1 aromatic rings. The fourth-order valence-electron chi connectivity index (χ4n) is 1.17. The lowest BCUT2D eigenvalue weighted by Crippen LogP contribution is -2.13. The SMILES string of the molecule is C=CCCC(N)c1cncn1C. The first kappa shape index (κ1) is 9.00. The molecule has 1 unspecified atom stereocenters. The molecule has 1 atom stereocenters. The Morgan fingerprint density at radius 1 is 1.83 bits per heavy atom. The highest BCUT2D eigenvalue weighted by Crippen LogP contribution is 2.13. The summed E-state index contributed by atoms with van der Waals surface area (Å²) in [6.07, 6.45) is 7.35. The van der Waals surface area contributed by atoms with Gasteiger partial charge in [-0.25, -0.2) is 4.98 Å². The molecule has 0 spiro atoms. The molecular formula is C9H15N3. The van der Waals surface area contributed by atoms with E-state index in [1.807, 2.05) is 23.9 Å². The van der Waals surface area contributed by atoms with Gasteiger partial charge < -0.3 is 10.3 Å². The van der Waals surface area contributed by atoms with E-state index in [1.54, 1.807) is 6.33 Å². The summed E-state index contributed by atoms with van der Waals surface area (Å²) in [5, 5.41) is 0. The Labute approximate surface area is 72.9 Å². The first-order chi connectivity index (χ1) is 5.75. The molecule has 0 bridgehead atoms. The number of imidazole rings is 1. The van der Waals surface area contributed by atoms with E-state index in [9.17, 15) is 0 Å². The highest BCUT2D eigenvalue weighted by atomic mass is 15.0.